The smallest absolute Gasteiger partial charge is 0.128 e. The minimum atomic E-state index is 0.720. The van der Waals surface area contributed by atoms with Crippen molar-refractivity contribution in [3.05, 3.63) is 72.8 Å². The van der Waals surface area contributed by atoms with E-state index in [1.807, 2.05) is 31.2 Å². The molecule has 0 aromatic carbocycles. The van der Waals surface area contributed by atoms with Crippen LogP contribution in [0.1, 0.15) is 11.4 Å². The maximum atomic E-state index is 5.33. The van der Waals surface area contributed by atoms with Crippen LogP contribution >= 0.6 is 0 Å². The third kappa shape index (κ3) is 3.45. The van der Waals surface area contributed by atoms with E-state index in [0.29, 0.717) is 0 Å². The summed E-state index contributed by atoms with van der Waals surface area (Å²) < 4.78 is 5.33. The van der Waals surface area contributed by atoms with Crippen molar-refractivity contribution in [3.63, 3.8) is 0 Å². The van der Waals surface area contributed by atoms with Crippen LogP contribution in [0, 0.1) is 6.92 Å². The van der Waals surface area contributed by atoms with Gasteiger partial charge in [0.2, 0.25) is 0 Å². The number of hydrogen-bond donors (Lipinski definition) is 0. The number of hydrogen-bond acceptors (Lipinski definition) is 2. The minimum Gasteiger partial charge on any atom is -0.496 e. The summed E-state index contributed by atoms with van der Waals surface area (Å²) in [7, 11) is 1.63. The van der Waals surface area contributed by atoms with E-state index < -0.39 is 0 Å². The largest absolute Gasteiger partial charge is 0.496 e. The van der Waals surface area contributed by atoms with Crippen LogP contribution in [0.25, 0.3) is 5.57 Å². The molecule has 0 amide bonds. The Bertz CT molecular complexity index is 470. The van der Waals surface area contributed by atoms with Crippen molar-refractivity contribution in [2.75, 3.05) is 7.11 Å². The number of allylic oxidation sites excluding steroid dienone is 5. The monoisotopic (exact) mass is 227 g/mol. The molecule has 0 aliphatic heterocycles. The Kier molecular flexibility index (Phi) is 4.95. The van der Waals surface area contributed by atoms with E-state index in [9.17, 15) is 0 Å². The van der Waals surface area contributed by atoms with Crippen molar-refractivity contribution >= 4 is 5.57 Å². The summed E-state index contributed by atoms with van der Waals surface area (Å²) in [6.45, 7) is 9.34. The van der Waals surface area contributed by atoms with Crippen LogP contribution in [-0.4, -0.2) is 12.1 Å². The van der Waals surface area contributed by atoms with Gasteiger partial charge in [-0.25, -0.2) is 0 Å². The number of aromatic nitrogens is 1. The number of rotatable bonds is 5. The Balaban J connectivity index is 3.27. The zero-order chi connectivity index (χ0) is 12.7. The molecule has 0 atom stereocenters. The highest BCUT2D eigenvalue weighted by Crippen LogP contribution is 2.22. The summed E-state index contributed by atoms with van der Waals surface area (Å²) in [6, 6.07) is 5.87. The Morgan fingerprint density at radius 2 is 1.94 bits per heavy atom. The number of methoxy groups -OCH3 is 1. The molecule has 1 rings (SSSR count). The Hall–Kier alpha value is -2.09. The second-order valence-corrected chi connectivity index (χ2v) is 3.45. The predicted molar refractivity (Wildman–Crippen MR) is 72.4 cm³/mol. The van der Waals surface area contributed by atoms with Crippen molar-refractivity contribution in [1.82, 2.24) is 4.98 Å². The maximum Gasteiger partial charge on any atom is 0.128 e. The van der Waals surface area contributed by atoms with Crippen molar-refractivity contribution in [1.29, 1.82) is 0 Å². The van der Waals surface area contributed by atoms with Crippen molar-refractivity contribution < 1.29 is 4.74 Å². The summed E-state index contributed by atoms with van der Waals surface area (Å²) in [5, 5.41) is 0. The first kappa shape index (κ1) is 13.0. The van der Waals surface area contributed by atoms with E-state index in [1.54, 1.807) is 25.3 Å². The molecule has 1 aromatic heterocycles. The van der Waals surface area contributed by atoms with Gasteiger partial charge in [0.15, 0.2) is 0 Å². The second kappa shape index (κ2) is 6.48. The third-order valence-corrected chi connectivity index (χ3v) is 2.20. The fraction of sp³-hybridized carbons (Fsp3) is 0.133. The molecule has 0 aliphatic carbocycles. The molecule has 0 aliphatic rings. The van der Waals surface area contributed by atoms with Crippen LogP contribution in [0.5, 0.6) is 0 Å². The van der Waals surface area contributed by atoms with E-state index in [0.717, 1.165) is 22.7 Å². The molecular weight excluding hydrogens is 210 g/mol. The summed E-state index contributed by atoms with van der Waals surface area (Å²) in [5.74, 6) is 0.720. The molecule has 2 heteroatoms. The van der Waals surface area contributed by atoms with E-state index in [4.69, 9.17) is 4.74 Å². The molecule has 88 valence electrons. The first-order valence-corrected chi connectivity index (χ1v) is 5.36. The highest BCUT2D eigenvalue weighted by molar-refractivity contribution is 5.76. The lowest BCUT2D eigenvalue weighted by Gasteiger charge is -2.10. The first-order valence-electron chi connectivity index (χ1n) is 5.36. The number of aryl methyl sites for hydroxylation is 1. The molecule has 0 bridgehead atoms. The van der Waals surface area contributed by atoms with Crippen LogP contribution in [0.3, 0.4) is 0 Å². The fourth-order valence-corrected chi connectivity index (χ4v) is 1.48. The summed E-state index contributed by atoms with van der Waals surface area (Å²) >= 11 is 0. The molecule has 0 spiro atoms. The number of ether oxygens (including phenoxy) is 1. The molecule has 2 nitrogen and oxygen atoms in total. The molecule has 0 unspecified atom stereocenters. The maximum absolute atomic E-state index is 5.33. The standard InChI is InChI=1S/C15H17NO/c1-5-8-13(15(17-4)9-6-2)14-11-7-10-12(3)16-14/h5-11H,1-2H2,3-4H3/b13-8-,15-9+. The summed E-state index contributed by atoms with van der Waals surface area (Å²) in [4.78, 5) is 4.47. The van der Waals surface area contributed by atoms with Crippen LogP contribution in [-0.2, 0) is 4.74 Å². The molecular formula is C15H17NO. The molecule has 1 heterocycles. The summed E-state index contributed by atoms with van der Waals surface area (Å²) in [5.41, 5.74) is 2.72. The molecule has 0 fully saturated rings. The van der Waals surface area contributed by atoms with E-state index >= 15 is 0 Å². The van der Waals surface area contributed by atoms with Crippen molar-refractivity contribution in [2.24, 2.45) is 0 Å². The topological polar surface area (TPSA) is 22.1 Å². The van der Waals surface area contributed by atoms with Crippen LogP contribution < -0.4 is 0 Å². The molecule has 0 N–H and O–H groups in total. The van der Waals surface area contributed by atoms with Gasteiger partial charge in [0.25, 0.3) is 0 Å². The lowest BCUT2D eigenvalue weighted by atomic mass is 10.1. The van der Waals surface area contributed by atoms with Gasteiger partial charge in [0, 0.05) is 11.3 Å². The normalized spacial score (nSPS) is 12.1. The van der Waals surface area contributed by atoms with Gasteiger partial charge in [-0.3, -0.25) is 4.98 Å². The first-order chi connectivity index (χ1) is 8.22. The summed E-state index contributed by atoms with van der Waals surface area (Å²) in [6.07, 6.45) is 7.08. The lowest BCUT2D eigenvalue weighted by molar-refractivity contribution is 0.311. The average molecular weight is 227 g/mol. The van der Waals surface area contributed by atoms with Gasteiger partial charge in [-0.1, -0.05) is 31.4 Å². The van der Waals surface area contributed by atoms with Gasteiger partial charge in [-0.2, -0.15) is 0 Å². The van der Waals surface area contributed by atoms with E-state index in [-0.39, 0.29) is 0 Å². The zero-order valence-electron chi connectivity index (χ0n) is 10.3. The highest BCUT2D eigenvalue weighted by atomic mass is 16.5. The predicted octanol–water partition coefficient (Wildman–Crippen LogP) is 3.68. The lowest BCUT2D eigenvalue weighted by Crippen LogP contribution is -1.96. The zero-order valence-corrected chi connectivity index (χ0v) is 10.3. The quantitative estimate of drug-likeness (QED) is 0.565. The Labute approximate surface area is 103 Å². The molecule has 0 saturated heterocycles. The van der Waals surface area contributed by atoms with Gasteiger partial charge in [0.05, 0.1) is 12.8 Å². The van der Waals surface area contributed by atoms with E-state index in [1.165, 1.54) is 0 Å². The molecule has 0 saturated carbocycles. The van der Waals surface area contributed by atoms with Gasteiger partial charge in [0.1, 0.15) is 5.76 Å². The molecule has 1 aromatic rings. The molecule has 0 radical (unpaired) electrons. The van der Waals surface area contributed by atoms with Crippen molar-refractivity contribution in [2.45, 2.75) is 6.92 Å². The Morgan fingerprint density at radius 3 is 2.47 bits per heavy atom. The third-order valence-electron chi connectivity index (χ3n) is 2.20. The second-order valence-electron chi connectivity index (χ2n) is 3.45. The number of pyridine rings is 1. The average Bonchev–Trinajstić information content (AvgIpc) is 2.33. The fourth-order valence-electron chi connectivity index (χ4n) is 1.48. The van der Waals surface area contributed by atoms with Gasteiger partial charge in [-0.05, 0) is 31.2 Å². The SMILES string of the molecule is C=C/C=C(\C(=C/C=C)OC)c1cccc(C)n1. The highest BCUT2D eigenvalue weighted by Gasteiger charge is 2.08. The van der Waals surface area contributed by atoms with Crippen LogP contribution in [0.2, 0.25) is 0 Å². The van der Waals surface area contributed by atoms with Gasteiger partial charge < -0.3 is 4.74 Å². The van der Waals surface area contributed by atoms with Crippen LogP contribution in [0.15, 0.2) is 61.4 Å². The van der Waals surface area contributed by atoms with Crippen molar-refractivity contribution in [3.8, 4) is 0 Å². The minimum absolute atomic E-state index is 0.720. The van der Waals surface area contributed by atoms with E-state index in [2.05, 4.69) is 18.1 Å². The van der Waals surface area contributed by atoms with Gasteiger partial charge >= 0.3 is 0 Å². The Morgan fingerprint density at radius 1 is 1.24 bits per heavy atom. The number of nitrogens with zero attached hydrogens (tertiary/aromatic N) is 1. The molecule has 17 heavy (non-hydrogen) atoms. The van der Waals surface area contributed by atoms with Gasteiger partial charge in [-0.15, -0.1) is 0 Å². The van der Waals surface area contributed by atoms with Crippen LogP contribution in [0.4, 0.5) is 0 Å².